The minimum atomic E-state index is -0.474. The molecule has 1 N–H and O–H groups in total. The molecule has 20 heavy (non-hydrogen) atoms. The fraction of sp³-hybridized carbons (Fsp3) is 0.312. The number of nitrogens with zero attached hydrogens (tertiary/aromatic N) is 2. The zero-order chi connectivity index (χ0) is 14.1. The van der Waals surface area contributed by atoms with Gasteiger partial charge >= 0.3 is 0 Å². The molecule has 0 aliphatic rings. The van der Waals surface area contributed by atoms with E-state index in [4.69, 9.17) is 0 Å². The summed E-state index contributed by atoms with van der Waals surface area (Å²) < 4.78 is 2.08. The maximum absolute atomic E-state index is 10.4. The van der Waals surface area contributed by atoms with Crippen molar-refractivity contribution in [3.63, 3.8) is 0 Å². The summed E-state index contributed by atoms with van der Waals surface area (Å²) in [6.45, 7) is 4.17. The van der Waals surface area contributed by atoms with E-state index in [1.54, 1.807) is 17.5 Å². The van der Waals surface area contributed by atoms with Crippen LogP contribution in [-0.4, -0.2) is 14.5 Å². The minimum absolute atomic E-state index is 0.474. The Hall–Kier alpha value is -1.65. The summed E-state index contributed by atoms with van der Waals surface area (Å²) in [4.78, 5) is 6.62. The van der Waals surface area contributed by atoms with Crippen molar-refractivity contribution in [2.75, 3.05) is 0 Å². The Morgan fingerprint density at radius 1 is 1.25 bits per heavy atom. The topological polar surface area (TPSA) is 37.5 Å². The smallest absolute Gasteiger partial charge is 0.194 e. The molecule has 1 unspecified atom stereocenters. The first-order chi connectivity index (χ1) is 9.66. The highest BCUT2D eigenvalue weighted by atomic mass is 32.1. The number of aliphatic hydroxyl groups excluding tert-OH is 1. The van der Waals surface area contributed by atoms with E-state index in [0.717, 1.165) is 17.1 Å². The first-order valence-corrected chi connectivity index (χ1v) is 7.64. The van der Waals surface area contributed by atoms with Crippen LogP contribution in [0, 0.1) is 13.8 Å². The van der Waals surface area contributed by atoms with Crippen molar-refractivity contribution in [3.8, 4) is 0 Å². The Morgan fingerprint density at radius 2 is 2.00 bits per heavy atom. The quantitative estimate of drug-likeness (QED) is 0.794. The number of aliphatic hydroxyl groups is 1. The number of aromatic nitrogens is 2. The second-order valence-corrected chi connectivity index (χ2v) is 6.27. The number of fused-ring (bicyclic) bond motifs is 1. The third-order valence-electron chi connectivity index (χ3n) is 3.74. The maximum Gasteiger partial charge on any atom is 0.194 e. The van der Waals surface area contributed by atoms with Crippen LogP contribution in [-0.2, 0) is 6.42 Å². The van der Waals surface area contributed by atoms with E-state index in [1.165, 1.54) is 16.1 Å². The van der Waals surface area contributed by atoms with E-state index in [0.29, 0.717) is 6.42 Å². The van der Waals surface area contributed by atoms with Gasteiger partial charge in [0.1, 0.15) is 0 Å². The van der Waals surface area contributed by atoms with Gasteiger partial charge in [-0.05, 0) is 32.3 Å². The predicted octanol–water partition coefficient (Wildman–Crippen LogP) is 3.68. The summed E-state index contributed by atoms with van der Waals surface area (Å²) in [6, 6.07) is 10.3. The number of thiazole rings is 1. The molecule has 2 aromatic heterocycles. The molecule has 0 saturated heterocycles. The first kappa shape index (κ1) is 13.3. The first-order valence-electron chi connectivity index (χ1n) is 6.82. The van der Waals surface area contributed by atoms with Crippen molar-refractivity contribution in [1.82, 2.24) is 9.38 Å². The number of aryl methyl sites for hydroxylation is 3. The van der Waals surface area contributed by atoms with Crippen molar-refractivity contribution < 1.29 is 5.11 Å². The van der Waals surface area contributed by atoms with Crippen molar-refractivity contribution in [2.24, 2.45) is 0 Å². The number of rotatable bonds is 4. The summed E-state index contributed by atoms with van der Waals surface area (Å²) >= 11 is 1.67. The summed E-state index contributed by atoms with van der Waals surface area (Å²) in [5, 5.41) is 10.4. The number of imidazole rings is 1. The van der Waals surface area contributed by atoms with Crippen LogP contribution in [0.25, 0.3) is 4.96 Å². The fourth-order valence-electron chi connectivity index (χ4n) is 2.46. The summed E-state index contributed by atoms with van der Waals surface area (Å²) in [7, 11) is 0. The molecule has 1 aromatic carbocycles. The van der Waals surface area contributed by atoms with Gasteiger partial charge in [-0.1, -0.05) is 30.3 Å². The Balaban J connectivity index is 1.80. The molecule has 104 valence electrons. The lowest BCUT2D eigenvalue weighted by atomic mass is 10.1. The highest BCUT2D eigenvalue weighted by molar-refractivity contribution is 7.17. The molecule has 1 atom stereocenters. The van der Waals surface area contributed by atoms with E-state index in [-0.39, 0.29) is 0 Å². The van der Waals surface area contributed by atoms with Crippen LogP contribution in [0.15, 0.2) is 36.5 Å². The molecule has 0 bridgehead atoms. The third kappa shape index (κ3) is 2.37. The van der Waals surface area contributed by atoms with Crippen molar-refractivity contribution >= 4 is 16.3 Å². The van der Waals surface area contributed by atoms with Crippen LogP contribution < -0.4 is 0 Å². The minimum Gasteiger partial charge on any atom is -0.387 e. The van der Waals surface area contributed by atoms with Crippen LogP contribution in [0.4, 0.5) is 0 Å². The van der Waals surface area contributed by atoms with Gasteiger partial charge in [0.05, 0.1) is 18.0 Å². The fourth-order valence-corrected chi connectivity index (χ4v) is 3.41. The molecule has 0 aliphatic carbocycles. The van der Waals surface area contributed by atoms with Crippen LogP contribution in [0.3, 0.4) is 0 Å². The van der Waals surface area contributed by atoms with Crippen LogP contribution in [0.1, 0.15) is 34.4 Å². The molecular weight excluding hydrogens is 268 g/mol. The SMILES string of the molecule is Cc1sc2ncc(C(O)CCc3ccccc3)n2c1C. The van der Waals surface area contributed by atoms with E-state index in [1.807, 2.05) is 18.2 Å². The molecule has 0 amide bonds. The molecule has 0 radical (unpaired) electrons. The highest BCUT2D eigenvalue weighted by Crippen LogP contribution is 2.27. The molecule has 3 aromatic rings. The van der Waals surface area contributed by atoms with Gasteiger partial charge in [-0.15, -0.1) is 11.3 Å². The molecule has 4 heteroatoms. The number of benzene rings is 1. The Morgan fingerprint density at radius 3 is 2.75 bits per heavy atom. The van der Waals surface area contributed by atoms with E-state index in [9.17, 15) is 5.11 Å². The van der Waals surface area contributed by atoms with Crippen molar-refractivity contribution in [1.29, 1.82) is 0 Å². The van der Waals surface area contributed by atoms with E-state index >= 15 is 0 Å². The average Bonchev–Trinajstić information content (AvgIpc) is 2.99. The third-order valence-corrected chi connectivity index (χ3v) is 4.81. The molecule has 3 nitrogen and oxygen atoms in total. The number of hydrogen-bond acceptors (Lipinski definition) is 3. The van der Waals surface area contributed by atoms with Crippen LogP contribution >= 0.6 is 11.3 Å². The van der Waals surface area contributed by atoms with E-state index in [2.05, 4.69) is 35.4 Å². The van der Waals surface area contributed by atoms with Gasteiger partial charge in [0.2, 0.25) is 0 Å². The van der Waals surface area contributed by atoms with Gasteiger partial charge in [-0.2, -0.15) is 0 Å². The Kier molecular flexibility index (Phi) is 3.59. The second-order valence-electron chi connectivity index (χ2n) is 5.08. The van der Waals surface area contributed by atoms with Gasteiger partial charge in [-0.25, -0.2) is 4.98 Å². The summed E-state index contributed by atoms with van der Waals surface area (Å²) in [6.07, 6.45) is 2.91. The van der Waals surface area contributed by atoms with Crippen molar-refractivity contribution in [3.05, 3.63) is 58.4 Å². The molecule has 0 saturated carbocycles. The van der Waals surface area contributed by atoms with Crippen molar-refractivity contribution in [2.45, 2.75) is 32.8 Å². The second kappa shape index (κ2) is 5.38. The van der Waals surface area contributed by atoms with Gasteiger partial charge in [-0.3, -0.25) is 4.40 Å². The summed E-state index contributed by atoms with van der Waals surface area (Å²) in [5.41, 5.74) is 3.33. The largest absolute Gasteiger partial charge is 0.387 e. The number of hydrogen-bond donors (Lipinski definition) is 1. The summed E-state index contributed by atoms with van der Waals surface area (Å²) in [5.74, 6) is 0. The Labute approximate surface area is 122 Å². The van der Waals surface area contributed by atoms with Crippen LogP contribution in [0.2, 0.25) is 0 Å². The highest BCUT2D eigenvalue weighted by Gasteiger charge is 2.17. The molecule has 2 heterocycles. The Bertz CT molecular complexity index is 715. The monoisotopic (exact) mass is 286 g/mol. The zero-order valence-corrected chi connectivity index (χ0v) is 12.5. The zero-order valence-electron chi connectivity index (χ0n) is 11.7. The van der Waals surface area contributed by atoms with E-state index < -0.39 is 6.10 Å². The lowest BCUT2D eigenvalue weighted by molar-refractivity contribution is 0.162. The normalized spacial score (nSPS) is 12.9. The molecule has 3 rings (SSSR count). The van der Waals surface area contributed by atoms with Gasteiger partial charge < -0.3 is 5.11 Å². The lowest BCUT2D eigenvalue weighted by Gasteiger charge is -2.10. The van der Waals surface area contributed by atoms with Gasteiger partial charge in [0.15, 0.2) is 4.96 Å². The maximum atomic E-state index is 10.4. The molecule has 0 aliphatic heterocycles. The van der Waals surface area contributed by atoms with Crippen LogP contribution in [0.5, 0.6) is 0 Å². The molecule has 0 spiro atoms. The van der Waals surface area contributed by atoms with Gasteiger partial charge in [0, 0.05) is 10.6 Å². The average molecular weight is 286 g/mol. The molecule has 0 fully saturated rings. The predicted molar refractivity (Wildman–Crippen MR) is 82.3 cm³/mol. The standard InChI is InChI=1S/C16H18N2OS/c1-11-12(2)20-16-17-10-14(18(11)16)15(19)9-8-13-6-4-3-5-7-13/h3-7,10,15,19H,8-9H2,1-2H3. The molecular formula is C16H18N2OS. The van der Waals surface area contributed by atoms with Gasteiger partial charge in [0.25, 0.3) is 0 Å². The lowest BCUT2D eigenvalue weighted by Crippen LogP contribution is -2.04.